The van der Waals surface area contributed by atoms with Crippen LogP contribution in [-0.4, -0.2) is 41.9 Å². The molecular formula is C23H28N2O3. The van der Waals surface area contributed by atoms with Gasteiger partial charge in [-0.15, -0.1) is 0 Å². The van der Waals surface area contributed by atoms with Crippen molar-refractivity contribution in [2.24, 2.45) is 5.92 Å². The van der Waals surface area contributed by atoms with Crippen LogP contribution in [0.4, 0.5) is 0 Å². The van der Waals surface area contributed by atoms with Gasteiger partial charge in [0, 0.05) is 18.5 Å². The van der Waals surface area contributed by atoms with Crippen LogP contribution in [0.2, 0.25) is 0 Å². The Hall–Kier alpha value is -2.82. The van der Waals surface area contributed by atoms with Crippen LogP contribution in [0, 0.1) is 5.92 Å². The van der Waals surface area contributed by atoms with Crippen molar-refractivity contribution >= 4 is 11.8 Å². The van der Waals surface area contributed by atoms with Crippen LogP contribution in [-0.2, 0) is 9.59 Å². The van der Waals surface area contributed by atoms with E-state index in [1.807, 2.05) is 63.2 Å². The van der Waals surface area contributed by atoms with E-state index in [4.69, 9.17) is 4.74 Å². The van der Waals surface area contributed by atoms with E-state index in [-0.39, 0.29) is 29.7 Å². The zero-order valence-electron chi connectivity index (χ0n) is 16.8. The Bertz CT molecular complexity index is 810. The van der Waals surface area contributed by atoms with E-state index in [9.17, 15) is 9.59 Å². The van der Waals surface area contributed by atoms with E-state index in [2.05, 4.69) is 17.4 Å². The van der Waals surface area contributed by atoms with Gasteiger partial charge < -0.3 is 15.0 Å². The first kappa shape index (κ1) is 19.9. The Kier molecular flexibility index (Phi) is 6.02. The van der Waals surface area contributed by atoms with Gasteiger partial charge >= 0.3 is 0 Å². The molecule has 1 N–H and O–H groups in total. The molecule has 28 heavy (non-hydrogen) atoms. The summed E-state index contributed by atoms with van der Waals surface area (Å²) >= 11 is 0. The van der Waals surface area contributed by atoms with E-state index in [0.717, 1.165) is 16.9 Å². The Morgan fingerprint density at radius 1 is 1.07 bits per heavy atom. The molecule has 0 aliphatic carbocycles. The number of amides is 2. The monoisotopic (exact) mass is 380 g/mol. The maximum absolute atomic E-state index is 12.3. The molecule has 5 heteroatoms. The second-order valence-corrected chi connectivity index (χ2v) is 8.11. The van der Waals surface area contributed by atoms with Crippen molar-refractivity contribution in [2.75, 3.05) is 19.7 Å². The number of ether oxygens (including phenoxy) is 1. The molecule has 1 unspecified atom stereocenters. The summed E-state index contributed by atoms with van der Waals surface area (Å²) in [6, 6.07) is 18.1. The molecular weight excluding hydrogens is 352 g/mol. The lowest BCUT2D eigenvalue weighted by atomic mass is 10.1. The standard InChI is InChI=1S/C23H28N2O3/c1-23(2,3)25-16-19(15-21(25)26)22(27)24-13-14-28-20-11-9-18(10-12-20)17-7-5-4-6-8-17/h4-12,19H,13-16H2,1-3H3,(H,24,27). The van der Waals surface area contributed by atoms with Crippen LogP contribution in [0.5, 0.6) is 5.75 Å². The maximum Gasteiger partial charge on any atom is 0.225 e. The lowest BCUT2D eigenvalue weighted by molar-refractivity contribution is -0.132. The van der Waals surface area contributed by atoms with Crippen molar-refractivity contribution < 1.29 is 14.3 Å². The van der Waals surface area contributed by atoms with Crippen molar-refractivity contribution in [1.29, 1.82) is 0 Å². The summed E-state index contributed by atoms with van der Waals surface area (Å²) < 4.78 is 5.71. The predicted molar refractivity (Wildman–Crippen MR) is 110 cm³/mol. The van der Waals surface area contributed by atoms with Gasteiger partial charge in [0.05, 0.1) is 12.5 Å². The molecule has 1 saturated heterocycles. The van der Waals surface area contributed by atoms with Crippen LogP contribution in [0.15, 0.2) is 54.6 Å². The van der Waals surface area contributed by atoms with Gasteiger partial charge in [-0.3, -0.25) is 9.59 Å². The Balaban J connectivity index is 1.42. The minimum atomic E-state index is -0.281. The van der Waals surface area contributed by atoms with Gasteiger partial charge in [-0.25, -0.2) is 0 Å². The first-order chi connectivity index (χ1) is 13.3. The van der Waals surface area contributed by atoms with E-state index >= 15 is 0 Å². The molecule has 2 aromatic rings. The molecule has 1 aliphatic rings. The summed E-state index contributed by atoms with van der Waals surface area (Å²) in [4.78, 5) is 26.2. The number of hydrogen-bond acceptors (Lipinski definition) is 3. The largest absolute Gasteiger partial charge is 0.492 e. The summed E-state index contributed by atoms with van der Waals surface area (Å²) in [5.41, 5.74) is 2.05. The minimum absolute atomic E-state index is 0.0439. The number of likely N-dealkylation sites (tertiary alicyclic amines) is 1. The number of carbonyl (C=O) groups is 2. The molecule has 1 aliphatic heterocycles. The lowest BCUT2D eigenvalue weighted by Gasteiger charge is -2.31. The number of rotatable bonds is 6. The zero-order chi connectivity index (χ0) is 20.1. The third-order valence-electron chi connectivity index (χ3n) is 4.94. The van der Waals surface area contributed by atoms with Crippen LogP contribution in [0.25, 0.3) is 11.1 Å². The summed E-state index contributed by atoms with van der Waals surface area (Å²) in [5, 5.41) is 2.88. The maximum atomic E-state index is 12.3. The molecule has 2 aromatic carbocycles. The van der Waals surface area contributed by atoms with E-state index in [1.165, 1.54) is 0 Å². The van der Waals surface area contributed by atoms with Crippen LogP contribution in [0.3, 0.4) is 0 Å². The SMILES string of the molecule is CC(C)(C)N1CC(C(=O)NCCOc2ccc(-c3ccccc3)cc2)CC1=O. The zero-order valence-corrected chi connectivity index (χ0v) is 16.8. The fourth-order valence-electron chi connectivity index (χ4n) is 3.39. The molecule has 1 fully saturated rings. The normalized spacial score (nSPS) is 16.9. The van der Waals surface area contributed by atoms with E-state index in [1.54, 1.807) is 4.90 Å². The third-order valence-corrected chi connectivity index (χ3v) is 4.94. The van der Waals surface area contributed by atoms with E-state index < -0.39 is 0 Å². The molecule has 2 amide bonds. The van der Waals surface area contributed by atoms with Crippen molar-refractivity contribution in [3.05, 3.63) is 54.6 Å². The van der Waals surface area contributed by atoms with Crippen LogP contribution in [0.1, 0.15) is 27.2 Å². The van der Waals surface area contributed by atoms with Crippen molar-refractivity contribution in [3.8, 4) is 16.9 Å². The Labute approximate surface area is 166 Å². The van der Waals surface area contributed by atoms with Gasteiger partial charge in [-0.2, -0.15) is 0 Å². The number of carbonyl (C=O) groups excluding carboxylic acids is 2. The second kappa shape index (κ2) is 8.46. The van der Waals surface area contributed by atoms with Crippen LogP contribution >= 0.6 is 0 Å². The van der Waals surface area contributed by atoms with Gasteiger partial charge in [0.25, 0.3) is 0 Å². The lowest BCUT2D eigenvalue weighted by Crippen LogP contribution is -2.43. The molecule has 0 aromatic heterocycles. The molecule has 0 bridgehead atoms. The number of hydrogen-bond donors (Lipinski definition) is 1. The first-order valence-corrected chi connectivity index (χ1v) is 9.71. The van der Waals surface area contributed by atoms with Gasteiger partial charge in [0.15, 0.2) is 0 Å². The summed E-state index contributed by atoms with van der Waals surface area (Å²) in [6.07, 6.45) is 0.283. The minimum Gasteiger partial charge on any atom is -0.492 e. The summed E-state index contributed by atoms with van der Waals surface area (Å²) in [5.74, 6) is 0.450. The van der Waals surface area contributed by atoms with Gasteiger partial charge in [0.2, 0.25) is 11.8 Å². The van der Waals surface area contributed by atoms with Gasteiger partial charge in [0.1, 0.15) is 12.4 Å². The molecule has 5 nitrogen and oxygen atoms in total. The highest BCUT2D eigenvalue weighted by atomic mass is 16.5. The topological polar surface area (TPSA) is 58.6 Å². The molecule has 0 radical (unpaired) electrons. The Morgan fingerprint density at radius 2 is 1.71 bits per heavy atom. The van der Waals surface area contributed by atoms with Gasteiger partial charge in [-0.1, -0.05) is 42.5 Å². The second-order valence-electron chi connectivity index (χ2n) is 8.11. The van der Waals surface area contributed by atoms with Gasteiger partial charge in [-0.05, 0) is 44.0 Å². The van der Waals surface area contributed by atoms with Crippen molar-refractivity contribution in [3.63, 3.8) is 0 Å². The average molecular weight is 380 g/mol. The predicted octanol–water partition coefficient (Wildman–Crippen LogP) is 3.50. The fraction of sp³-hybridized carbons (Fsp3) is 0.391. The quantitative estimate of drug-likeness (QED) is 0.781. The molecule has 148 valence electrons. The number of benzene rings is 2. The van der Waals surface area contributed by atoms with Crippen LogP contribution < -0.4 is 10.1 Å². The number of nitrogens with zero attached hydrogens (tertiary/aromatic N) is 1. The highest BCUT2D eigenvalue weighted by molar-refractivity contribution is 5.89. The third kappa shape index (κ3) is 4.91. The van der Waals surface area contributed by atoms with Crippen molar-refractivity contribution in [2.45, 2.75) is 32.7 Å². The highest BCUT2D eigenvalue weighted by Crippen LogP contribution is 2.26. The molecule has 1 atom stereocenters. The summed E-state index contributed by atoms with van der Waals surface area (Å²) in [7, 11) is 0. The number of nitrogens with one attached hydrogen (secondary N) is 1. The molecule has 0 spiro atoms. The average Bonchev–Trinajstić information content (AvgIpc) is 3.08. The Morgan fingerprint density at radius 3 is 2.32 bits per heavy atom. The highest BCUT2D eigenvalue weighted by Gasteiger charge is 2.39. The molecule has 1 heterocycles. The van der Waals surface area contributed by atoms with Crippen molar-refractivity contribution in [1.82, 2.24) is 10.2 Å². The smallest absolute Gasteiger partial charge is 0.225 e. The first-order valence-electron chi connectivity index (χ1n) is 9.71. The fourth-order valence-corrected chi connectivity index (χ4v) is 3.39. The molecule has 3 rings (SSSR count). The molecule has 0 saturated carbocycles. The van der Waals surface area contributed by atoms with E-state index in [0.29, 0.717) is 19.7 Å². The summed E-state index contributed by atoms with van der Waals surface area (Å²) in [6.45, 7) is 7.25.